The molecule has 0 atom stereocenters. The lowest BCUT2D eigenvalue weighted by atomic mass is 10.1. The Bertz CT molecular complexity index is 859. The number of nitro benzene ring substituents is 1. The Balaban J connectivity index is 2.13. The molecule has 0 aliphatic rings. The van der Waals surface area contributed by atoms with Crippen molar-refractivity contribution in [1.82, 2.24) is 4.83 Å². The Hall–Kier alpha value is -2.74. The molecule has 0 saturated carbocycles. The molecule has 2 aromatic carbocycles. The van der Waals surface area contributed by atoms with Crippen molar-refractivity contribution in [1.29, 1.82) is 0 Å². The van der Waals surface area contributed by atoms with Gasteiger partial charge in [-0.15, -0.1) is 0 Å². The summed E-state index contributed by atoms with van der Waals surface area (Å²) in [6, 6.07) is 10.2. The van der Waals surface area contributed by atoms with Crippen molar-refractivity contribution >= 4 is 21.9 Å². The number of non-ortho nitro benzene ring substituents is 1. The van der Waals surface area contributed by atoms with Gasteiger partial charge in [0.1, 0.15) is 0 Å². The van der Waals surface area contributed by atoms with Crippen molar-refractivity contribution in [3.05, 3.63) is 69.3 Å². The Labute approximate surface area is 133 Å². The van der Waals surface area contributed by atoms with Crippen LogP contribution in [0, 0.1) is 24.0 Å². The molecule has 0 aliphatic carbocycles. The maximum atomic E-state index is 12.0. The molecule has 0 fully saturated rings. The Kier molecular flexibility index (Phi) is 4.75. The van der Waals surface area contributed by atoms with E-state index >= 15 is 0 Å². The van der Waals surface area contributed by atoms with Crippen LogP contribution in [0.4, 0.5) is 5.69 Å². The number of hydrogen-bond donors (Lipinski definition) is 1. The average molecular weight is 333 g/mol. The number of hydrazone groups is 1. The highest BCUT2D eigenvalue weighted by Crippen LogP contribution is 2.15. The Morgan fingerprint density at radius 3 is 2.30 bits per heavy atom. The molecular weight excluding hydrogens is 318 g/mol. The quantitative estimate of drug-likeness (QED) is 0.516. The first-order chi connectivity index (χ1) is 10.8. The van der Waals surface area contributed by atoms with Crippen LogP contribution in [0.5, 0.6) is 0 Å². The second-order valence-electron chi connectivity index (χ2n) is 4.95. The lowest BCUT2D eigenvalue weighted by Crippen LogP contribution is -2.18. The number of nitrogens with zero attached hydrogens (tertiary/aromatic N) is 2. The molecular formula is C15H15N3O4S. The van der Waals surface area contributed by atoms with E-state index in [1.54, 1.807) is 0 Å². The molecule has 120 valence electrons. The molecule has 0 aromatic heterocycles. The molecule has 8 heteroatoms. The van der Waals surface area contributed by atoms with Gasteiger partial charge in [0.05, 0.1) is 16.0 Å². The van der Waals surface area contributed by atoms with E-state index in [0.717, 1.165) is 41.0 Å². The van der Waals surface area contributed by atoms with Crippen molar-refractivity contribution < 1.29 is 13.3 Å². The molecule has 0 unspecified atom stereocenters. The summed E-state index contributed by atoms with van der Waals surface area (Å²) < 4.78 is 24.1. The van der Waals surface area contributed by atoms with E-state index in [1.165, 1.54) is 6.21 Å². The molecule has 0 saturated heterocycles. The van der Waals surface area contributed by atoms with Crippen LogP contribution >= 0.6 is 0 Å². The maximum Gasteiger partial charge on any atom is 0.276 e. The lowest BCUT2D eigenvalue weighted by Gasteiger charge is -2.03. The summed E-state index contributed by atoms with van der Waals surface area (Å²) in [5.41, 5.74) is 2.79. The third-order valence-corrected chi connectivity index (χ3v) is 4.51. The minimum absolute atomic E-state index is 0.0969. The molecule has 0 bridgehead atoms. The van der Waals surface area contributed by atoms with Gasteiger partial charge in [0.2, 0.25) is 0 Å². The van der Waals surface area contributed by atoms with Crippen LogP contribution in [0.25, 0.3) is 0 Å². The molecule has 2 aromatic rings. The largest absolute Gasteiger partial charge is 0.276 e. The second kappa shape index (κ2) is 6.57. The molecule has 7 nitrogen and oxygen atoms in total. The average Bonchev–Trinajstić information content (AvgIpc) is 2.51. The summed E-state index contributed by atoms with van der Waals surface area (Å²) in [4.78, 5) is 11.9. The summed E-state index contributed by atoms with van der Waals surface area (Å²) >= 11 is 0. The fourth-order valence-electron chi connectivity index (χ4n) is 1.81. The Morgan fingerprint density at radius 1 is 1.09 bits per heavy atom. The van der Waals surface area contributed by atoms with Crippen LogP contribution in [0.3, 0.4) is 0 Å². The van der Waals surface area contributed by atoms with Gasteiger partial charge in [-0.1, -0.05) is 18.2 Å². The molecule has 1 N–H and O–H groups in total. The van der Waals surface area contributed by atoms with Gasteiger partial charge in [-0.25, -0.2) is 4.83 Å². The van der Waals surface area contributed by atoms with Gasteiger partial charge in [-0.05, 0) is 42.7 Å². The molecule has 0 aliphatic heterocycles. The smallest absolute Gasteiger partial charge is 0.258 e. The van der Waals surface area contributed by atoms with E-state index in [0.29, 0.717) is 0 Å². The number of nitro groups is 1. The minimum Gasteiger partial charge on any atom is -0.258 e. The Morgan fingerprint density at radius 2 is 1.74 bits per heavy atom. The van der Waals surface area contributed by atoms with E-state index < -0.39 is 14.9 Å². The van der Waals surface area contributed by atoms with E-state index in [1.807, 2.05) is 32.0 Å². The standard InChI is InChI=1S/C15H15N3O4S/c1-11-3-4-13(9-12(11)2)10-16-17-23(21,22)15-7-5-14(6-8-15)18(19)20/h3-10,17H,1-2H3/b16-10+. The summed E-state index contributed by atoms with van der Waals surface area (Å²) in [5, 5.41) is 14.3. The first-order valence-electron chi connectivity index (χ1n) is 6.66. The number of aryl methyl sites for hydroxylation is 2. The number of nitrogens with one attached hydrogen (secondary N) is 1. The zero-order valence-electron chi connectivity index (χ0n) is 12.6. The van der Waals surface area contributed by atoms with Gasteiger partial charge in [-0.2, -0.15) is 13.5 Å². The normalized spacial score (nSPS) is 11.6. The summed E-state index contributed by atoms with van der Waals surface area (Å²) in [5.74, 6) is 0. The van der Waals surface area contributed by atoms with Crippen LogP contribution in [-0.2, 0) is 10.0 Å². The van der Waals surface area contributed by atoms with Crippen molar-refractivity contribution in [3.8, 4) is 0 Å². The topological polar surface area (TPSA) is 102 Å². The zero-order chi connectivity index (χ0) is 17.0. The fraction of sp³-hybridized carbons (Fsp3) is 0.133. The van der Waals surface area contributed by atoms with Gasteiger partial charge in [0.15, 0.2) is 0 Å². The minimum atomic E-state index is -3.86. The molecule has 0 radical (unpaired) electrons. The maximum absolute atomic E-state index is 12.0. The van der Waals surface area contributed by atoms with Gasteiger partial charge in [-0.3, -0.25) is 10.1 Å². The van der Waals surface area contributed by atoms with E-state index in [9.17, 15) is 18.5 Å². The summed E-state index contributed by atoms with van der Waals surface area (Å²) in [6.07, 6.45) is 1.40. The summed E-state index contributed by atoms with van der Waals surface area (Å²) in [7, 11) is -3.86. The second-order valence-corrected chi connectivity index (χ2v) is 6.61. The number of hydrogen-bond acceptors (Lipinski definition) is 5. The number of benzene rings is 2. The highest BCUT2D eigenvalue weighted by Gasteiger charge is 2.14. The predicted octanol–water partition coefficient (Wildman–Crippen LogP) is 2.52. The van der Waals surface area contributed by atoms with E-state index in [4.69, 9.17) is 0 Å². The first-order valence-corrected chi connectivity index (χ1v) is 8.14. The van der Waals surface area contributed by atoms with Crippen LogP contribution in [0.2, 0.25) is 0 Å². The zero-order valence-corrected chi connectivity index (χ0v) is 13.4. The van der Waals surface area contributed by atoms with Crippen molar-refractivity contribution in [3.63, 3.8) is 0 Å². The van der Waals surface area contributed by atoms with Crippen molar-refractivity contribution in [2.24, 2.45) is 5.10 Å². The van der Waals surface area contributed by atoms with E-state index in [-0.39, 0.29) is 10.6 Å². The van der Waals surface area contributed by atoms with E-state index in [2.05, 4.69) is 9.93 Å². The molecule has 2 rings (SSSR count). The highest BCUT2D eigenvalue weighted by molar-refractivity contribution is 7.89. The number of sulfonamides is 1. The van der Waals surface area contributed by atoms with Gasteiger partial charge < -0.3 is 0 Å². The monoisotopic (exact) mass is 333 g/mol. The molecule has 23 heavy (non-hydrogen) atoms. The van der Waals surface area contributed by atoms with Crippen molar-refractivity contribution in [2.75, 3.05) is 0 Å². The third kappa shape index (κ3) is 4.13. The molecule has 0 heterocycles. The highest BCUT2D eigenvalue weighted by atomic mass is 32.2. The van der Waals surface area contributed by atoms with Crippen molar-refractivity contribution in [2.45, 2.75) is 18.7 Å². The molecule has 0 amide bonds. The SMILES string of the molecule is Cc1ccc(/C=N/NS(=O)(=O)c2ccc([N+](=O)[O-])cc2)cc1C. The van der Waals surface area contributed by atoms with Crippen LogP contribution in [0.1, 0.15) is 16.7 Å². The van der Waals surface area contributed by atoms with Crippen LogP contribution in [-0.4, -0.2) is 19.6 Å². The van der Waals surface area contributed by atoms with Crippen LogP contribution < -0.4 is 4.83 Å². The third-order valence-electron chi connectivity index (χ3n) is 3.28. The lowest BCUT2D eigenvalue weighted by molar-refractivity contribution is -0.384. The molecule has 0 spiro atoms. The summed E-state index contributed by atoms with van der Waals surface area (Å²) in [6.45, 7) is 3.93. The van der Waals surface area contributed by atoms with Gasteiger partial charge in [0.25, 0.3) is 15.7 Å². The van der Waals surface area contributed by atoms with Gasteiger partial charge >= 0.3 is 0 Å². The first kappa shape index (κ1) is 16.6. The predicted molar refractivity (Wildman–Crippen MR) is 86.9 cm³/mol. The van der Waals surface area contributed by atoms with Gasteiger partial charge in [0, 0.05) is 12.1 Å². The van der Waals surface area contributed by atoms with Crippen LogP contribution in [0.15, 0.2) is 52.5 Å². The fourth-order valence-corrected chi connectivity index (χ4v) is 2.61. The number of rotatable bonds is 5.